The van der Waals surface area contributed by atoms with Gasteiger partial charge in [-0.15, -0.1) is 0 Å². The molecule has 1 heterocycles. The largest absolute Gasteiger partial charge is 0.364 e. The summed E-state index contributed by atoms with van der Waals surface area (Å²) in [6, 6.07) is 0.493. The molecule has 1 amide bonds. The quantitative estimate of drug-likeness (QED) is 0.757. The first-order chi connectivity index (χ1) is 7.76. The maximum Gasteiger partial charge on any atom is 0.251 e. The minimum atomic E-state index is -0.222. The molecule has 2 unspecified atom stereocenters. The van der Waals surface area contributed by atoms with E-state index in [4.69, 9.17) is 10.5 Å². The third-order valence-electron chi connectivity index (χ3n) is 3.38. The zero-order valence-electron chi connectivity index (χ0n) is 10.0. The average Bonchev–Trinajstić information content (AvgIpc) is 3.02. The number of nitrogens with two attached hydrogens (primary N) is 1. The third kappa shape index (κ3) is 2.55. The van der Waals surface area contributed by atoms with Crippen molar-refractivity contribution in [3.63, 3.8) is 0 Å². The van der Waals surface area contributed by atoms with Crippen LogP contribution >= 0.6 is 0 Å². The highest BCUT2D eigenvalue weighted by molar-refractivity contribution is 5.81. The van der Waals surface area contributed by atoms with Crippen molar-refractivity contribution >= 4 is 5.91 Å². The summed E-state index contributed by atoms with van der Waals surface area (Å²) >= 11 is 0. The van der Waals surface area contributed by atoms with Gasteiger partial charge in [0.05, 0.1) is 6.10 Å². The van der Waals surface area contributed by atoms with Crippen LogP contribution in [0.1, 0.15) is 39.0 Å². The Morgan fingerprint density at radius 1 is 1.38 bits per heavy atom. The lowest BCUT2D eigenvalue weighted by molar-refractivity contribution is -0.143. The van der Waals surface area contributed by atoms with Crippen molar-refractivity contribution in [1.82, 2.24) is 4.90 Å². The molecule has 4 nitrogen and oxygen atoms in total. The third-order valence-corrected chi connectivity index (χ3v) is 3.38. The van der Waals surface area contributed by atoms with Crippen LogP contribution in [-0.4, -0.2) is 42.1 Å². The molecule has 0 aromatic heterocycles. The van der Waals surface area contributed by atoms with E-state index in [0.29, 0.717) is 12.6 Å². The topological polar surface area (TPSA) is 55.6 Å². The van der Waals surface area contributed by atoms with Crippen LogP contribution < -0.4 is 5.73 Å². The van der Waals surface area contributed by atoms with Gasteiger partial charge in [-0.1, -0.05) is 6.92 Å². The molecule has 2 N–H and O–H groups in total. The minimum Gasteiger partial charge on any atom is -0.364 e. The van der Waals surface area contributed by atoms with Crippen molar-refractivity contribution in [2.24, 2.45) is 5.73 Å². The predicted molar refractivity (Wildman–Crippen MR) is 62.0 cm³/mol. The van der Waals surface area contributed by atoms with Crippen LogP contribution in [0.5, 0.6) is 0 Å². The number of hydrogen-bond donors (Lipinski definition) is 1. The Balaban J connectivity index is 1.89. The first-order valence-electron chi connectivity index (χ1n) is 6.42. The molecule has 2 fully saturated rings. The summed E-state index contributed by atoms with van der Waals surface area (Å²) in [4.78, 5) is 14.3. The Labute approximate surface area is 97.1 Å². The summed E-state index contributed by atoms with van der Waals surface area (Å²) in [5.41, 5.74) is 5.55. The van der Waals surface area contributed by atoms with Crippen molar-refractivity contribution in [1.29, 1.82) is 0 Å². The predicted octanol–water partition coefficient (Wildman–Crippen LogP) is 0.894. The molecule has 4 heteroatoms. The summed E-state index contributed by atoms with van der Waals surface area (Å²) in [5.74, 6) is 0.195. The van der Waals surface area contributed by atoms with E-state index in [0.717, 1.165) is 25.8 Å². The maximum absolute atomic E-state index is 12.2. The molecule has 2 atom stereocenters. The smallest absolute Gasteiger partial charge is 0.251 e. The molecule has 1 saturated carbocycles. The zero-order valence-corrected chi connectivity index (χ0v) is 10.0. The molecule has 0 aromatic rings. The van der Waals surface area contributed by atoms with Gasteiger partial charge in [0.2, 0.25) is 0 Å². The SMILES string of the molecule is CCCN(C(=O)C1CCC(CN)O1)C1CC1. The molecule has 1 aliphatic carbocycles. The van der Waals surface area contributed by atoms with Crippen LogP contribution in [0.15, 0.2) is 0 Å². The monoisotopic (exact) mass is 226 g/mol. The summed E-state index contributed by atoms with van der Waals surface area (Å²) < 4.78 is 5.66. The van der Waals surface area contributed by atoms with Crippen LogP contribution in [0.4, 0.5) is 0 Å². The Morgan fingerprint density at radius 2 is 2.12 bits per heavy atom. The molecule has 2 rings (SSSR count). The van der Waals surface area contributed by atoms with Crippen molar-refractivity contribution in [3.8, 4) is 0 Å². The lowest BCUT2D eigenvalue weighted by Gasteiger charge is -2.25. The van der Waals surface area contributed by atoms with Crippen molar-refractivity contribution in [2.75, 3.05) is 13.1 Å². The standard InChI is InChI=1S/C12H22N2O2/c1-2-7-14(9-3-4-9)12(15)11-6-5-10(8-13)16-11/h9-11H,2-8,13H2,1H3. The van der Waals surface area contributed by atoms with Gasteiger partial charge in [-0.05, 0) is 32.1 Å². The Morgan fingerprint density at radius 3 is 2.62 bits per heavy atom. The molecule has 1 saturated heterocycles. The van der Waals surface area contributed by atoms with E-state index < -0.39 is 0 Å². The van der Waals surface area contributed by atoms with Crippen LogP contribution in [0.25, 0.3) is 0 Å². The molecule has 0 bridgehead atoms. The number of hydrogen-bond acceptors (Lipinski definition) is 3. The second kappa shape index (κ2) is 5.15. The van der Waals surface area contributed by atoms with Crippen LogP contribution in [-0.2, 0) is 9.53 Å². The highest BCUT2D eigenvalue weighted by atomic mass is 16.5. The Bertz CT molecular complexity index is 253. The van der Waals surface area contributed by atoms with Crippen molar-refractivity contribution in [2.45, 2.75) is 57.3 Å². The summed E-state index contributed by atoms with van der Waals surface area (Å²) in [7, 11) is 0. The number of carbonyl (C=O) groups excluding carboxylic acids is 1. The van der Waals surface area contributed by atoms with Crippen molar-refractivity contribution in [3.05, 3.63) is 0 Å². The molecule has 0 radical (unpaired) electrons. The molecular weight excluding hydrogens is 204 g/mol. The molecule has 0 spiro atoms. The molecule has 0 aromatic carbocycles. The van der Waals surface area contributed by atoms with E-state index in [2.05, 4.69) is 6.92 Å². The first kappa shape index (κ1) is 11.9. The van der Waals surface area contributed by atoms with E-state index in [1.54, 1.807) is 0 Å². The number of rotatable bonds is 5. The lowest BCUT2D eigenvalue weighted by Crippen LogP contribution is -2.41. The highest BCUT2D eigenvalue weighted by Gasteiger charge is 2.38. The fraction of sp³-hybridized carbons (Fsp3) is 0.917. The highest BCUT2D eigenvalue weighted by Crippen LogP contribution is 2.30. The van der Waals surface area contributed by atoms with Gasteiger partial charge in [0.1, 0.15) is 6.10 Å². The summed E-state index contributed by atoms with van der Waals surface area (Å²) in [6.07, 6.45) is 5.00. The summed E-state index contributed by atoms with van der Waals surface area (Å²) in [5, 5.41) is 0. The first-order valence-corrected chi connectivity index (χ1v) is 6.42. The average molecular weight is 226 g/mol. The van der Waals surface area contributed by atoms with Gasteiger partial charge < -0.3 is 15.4 Å². The molecular formula is C12H22N2O2. The zero-order chi connectivity index (χ0) is 11.5. The van der Waals surface area contributed by atoms with Gasteiger partial charge in [0.25, 0.3) is 5.91 Å². The fourth-order valence-corrected chi connectivity index (χ4v) is 2.35. The molecule has 1 aliphatic heterocycles. The summed E-state index contributed by atoms with van der Waals surface area (Å²) in [6.45, 7) is 3.51. The van der Waals surface area contributed by atoms with Gasteiger partial charge in [-0.25, -0.2) is 0 Å². The van der Waals surface area contributed by atoms with Crippen LogP contribution in [0, 0.1) is 0 Å². The molecule has 92 valence electrons. The van der Waals surface area contributed by atoms with E-state index in [1.165, 1.54) is 12.8 Å². The van der Waals surface area contributed by atoms with Gasteiger partial charge in [-0.2, -0.15) is 0 Å². The van der Waals surface area contributed by atoms with E-state index >= 15 is 0 Å². The van der Waals surface area contributed by atoms with Gasteiger partial charge in [-0.3, -0.25) is 4.79 Å². The maximum atomic E-state index is 12.2. The Hall–Kier alpha value is -0.610. The number of nitrogens with zero attached hydrogens (tertiary/aromatic N) is 1. The second-order valence-corrected chi connectivity index (χ2v) is 4.82. The van der Waals surface area contributed by atoms with Crippen LogP contribution in [0.2, 0.25) is 0 Å². The van der Waals surface area contributed by atoms with E-state index in [9.17, 15) is 4.79 Å². The van der Waals surface area contributed by atoms with Crippen molar-refractivity contribution < 1.29 is 9.53 Å². The van der Waals surface area contributed by atoms with Gasteiger partial charge in [0, 0.05) is 19.1 Å². The molecule has 16 heavy (non-hydrogen) atoms. The molecule has 2 aliphatic rings. The van der Waals surface area contributed by atoms with E-state index in [1.807, 2.05) is 4.90 Å². The lowest BCUT2D eigenvalue weighted by atomic mass is 10.1. The normalized spacial score (nSPS) is 29.4. The fourth-order valence-electron chi connectivity index (χ4n) is 2.35. The van der Waals surface area contributed by atoms with E-state index in [-0.39, 0.29) is 18.1 Å². The van der Waals surface area contributed by atoms with Crippen LogP contribution in [0.3, 0.4) is 0 Å². The Kier molecular flexibility index (Phi) is 3.82. The number of ether oxygens (including phenoxy) is 1. The minimum absolute atomic E-state index is 0.0941. The number of carbonyl (C=O) groups is 1. The number of amides is 1. The second-order valence-electron chi connectivity index (χ2n) is 4.82. The van der Waals surface area contributed by atoms with Gasteiger partial charge >= 0.3 is 0 Å². The van der Waals surface area contributed by atoms with Gasteiger partial charge in [0.15, 0.2) is 0 Å².